The lowest BCUT2D eigenvalue weighted by atomic mass is 9.94. The molecule has 0 aromatic carbocycles. The lowest BCUT2D eigenvalue weighted by molar-refractivity contribution is 0.141. The van der Waals surface area contributed by atoms with Crippen LogP contribution in [0.25, 0.3) is 0 Å². The summed E-state index contributed by atoms with van der Waals surface area (Å²) >= 11 is 0. The van der Waals surface area contributed by atoms with Crippen LogP contribution in [-0.4, -0.2) is 37.1 Å². The third-order valence-corrected chi connectivity index (χ3v) is 3.91. The second kappa shape index (κ2) is 5.13. The average Bonchev–Trinajstić information content (AvgIpc) is 2.68. The van der Waals surface area contributed by atoms with E-state index < -0.39 is 0 Å². The van der Waals surface area contributed by atoms with Gasteiger partial charge in [-0.05, 0) is 39.3 Å². The zero-order chi connectivity index (χ0) is 9.80. The molecular weight excluding hydrogens is 172 g/mol. The summed E-state index contributed by atoms with van der Waals surface area (Å²) in [4.78, 5) is 2.79. The molecule has 0 spiro atoms. The van der Waals surface area contributed by atoms with E-state index in [1.165, 1.54) is 58.0 Å². The van der Waals surface area contributed by atoms with E-state index in [0.717, 1.165) is 12.1 Å². The van der Waals surface area contributed by atoms with E-state index in [4.69, 9.17) is 0 Å². The highest BCUT2D eigenvalue weighted by molar-refractivity contribution is 4.87. The highest BCUT2D eigenvalue weighted by Crippen LogP contribution is 2.28. The van der Waals surface area contributed by atoms with Gasteiger partial charge in [-0.15, -0.1) is 0 Å². The maximum Gasteiger partial charge on any atom is 0.0223 e. The van der Waals surface area contributed by atoms with Gasteiger partial charge >= 0.3 is 0 Å². The summed E-state index contributed by atoms with van der Waals surface area (Å²) in [6, 6.07) is 1.76. The number of nitrogens with one attached hydrogen (secondary N) is 1. The van der Waals surface area contributed by atoms with E-state index in [2.05, 4.69) is 17.3 Å². The van der Waals surface area contributed by atoms with Crippen LogP contribution in [0.5, 0.6) is 0 Å². The van der Waals surface area contributed by atoms with Crippen molar-refractivity contribution in [2.75, 3.05) is 20.1 Å². The minimum absolute atomic E-state index is 0.836. The van der Waals surface area contributed by atoms with Gasteiger partial charge in [-0.2, -0.15) is 0 Å². The van der Waals surface area contributed by atoms with Gasteiger partial charge in [-0.1, -0.05) is 19.3 Å². The first-order valence-electron chi connectivity index (χ1n) is 6.32. The Bertz CT molecular complexity index is 164. The van der Waals surface area contributed by atoms with Crippen molar-refractivity contribution >= 4 is 0 Å². The number of likely N-dealkylation sites (tertiary alicyclic amines) is 1. The molecule has 1 unspecified atom stereocenters. The Morgan fingerprint density at radius 3 is 2.57 bits per heavy atom. The quantitative estimate of drug-likeness (QED) is 0.743. The molecule has 0 aromatic heterocycles. The molecule has 0 aromatic rings. The highest BCUT2D eigenvalue weighted by atomic mass is 15.2. The van der Waals surface area contributed by atoms with Gasteiger partial charge < -0.3 is 5.32 Å². The molecule has 1 aliphatic heterocycles. The standard InChI is InChI=1S/C12H24N2/c1-13-10-12-8-5-9-14(12)11-6-3-2-4-7-11/h11-13H,2-10H2,1H3. The van der Waals surface area contributed by atoms with E-state index in [1.807, 2.05) is 0 Å². The van der Waals surface area contributed by atoms with Crippen LogP contribution < -0.4 is 5.32 Å². The fourth-order valence-corrected chi connectivity index (χ4v) is 3.21. The molecule has 2 fully saturated rings. The van der Waals surface area contributed by atoms with Crippen LogP contribution in [0.2, 0.25) is 0 Å². The van der Waals surface area contributed by atoms with Gasteiger partial charge in [0.1, 0.15) is 0 Å². The number of likely N-dealkylation sites (N-methyl/N-ethyl adjacent to an activating group) is 1. The van der Waals surface area contributed by atoms with Gasteiger partial charge in [0.15, 0.2) is 0 Å². The van der Waals surface area contributed by atoms with Gasteiger partial charge in [-0.3, -0.25) is 4.90 Å². The molecule has 14 heavy (non-hydrogen) atoms. The van der Waals surface area contributed by atoms with E-state index in [9.17, 15) is 0 Å². The van der Waals surface area contributed by atoms with E-state index >= 15 is 0 Å². The Morgan fingerprint density at radius 2 is 1.86 bits per heavy atom. The van der Waals surface area contributed by atoms with Crippen molar-refractivity contribution in [2.24, 2.45) is 0 Å². The maximum absolute atomic E-state index is 3.34. The van der Waals surface area contributed by atoms with Gasteiger partial charge in [0, 0.05) is 18.6 Å². The van der Waals surface area contributed by atoms with Crippen LogP contribution >= 0.6 is 0 Å². The molecule has 82 valence electrons. The molecule has 2 heteroatoms. The fraction of sp³-hybridized carbons (Fsp3) is 1.00. The molecule has 1 aliphatic carbocycles. The molecule has 1 N–H and O–H groups in total. The largest absolute Gasteiger partial charge is 0.318 e. The molecule has 0 bridgehead atoms. The predicted octanol–water partition coefficient (Wildman–Crippen LogP) is 2.00. The Hall–Kier alpha value is -0.0800. The highest BCUT2D eigenvalue weighted by Gasteiger charge is 2.30. The topological polar surface area (TPSA) is 15.3 Å². The Balaban J connectivity index is 1.87. The average molecular weight is 196 g/mol. The van der Waals surface area contributed by atoms with Crippen LogP contribution in [0, 0.1) is 0 Å². The third-order valence-electron chi connectivity index (χ3n) is 3.91. The Morgan fingerprint density at radius 1 is 1.07 bits per heavy atom. The summed E-state index contributed by atoms with van der Waals surface area (Å²) < 4.78 is 0. The molecule has 2 rings (SSSR count). The van der Waals surface area contributed by atoms with E-state index in [0.29, 0.717) is 0 Å². The van der Waals surface area contributed by atoms with Crippen LogP contribution in [0.1, 0.15) is 44.9 Å². The number of nitrogens with zero attached hydrogens (tertiary/aromatic N) is 1. The number of rotatable bonds is 3. The molecule has 1 saturated heterocycles. The van der Waals surface area contributed by atoms with Crippen molar-refractivity contribution < 1.29 is 0 Å². The van der Waals surface area contributed by atoms with Crippen molar-refractivity contribution in [3.05, 3.63) is 0 Å². The first-order valence-corrected chi connectivity index (χ1v) is 6.32. The second-order valence-corrected chi connectivity index (χ2v) is 4.88. The van der Waals surface area contributed by atoms with Gasteiger partial charge in [0.25, 0.3) is 0 Å². The fourth-order valence-electron chi connectivity index (χ4n) is 3.21. The zero-order valence-corrected chi connectivity index (χ0v) is 9.47. The first kappa shape index (κ1) is 10.4. The third kappa shape index (κ3) is 2.29. The molecule has 2 nitrogen and oxygen atoms in total. The van der Waals surface area contributed by atoms with Crippen LogP contribution in [0.4, 0.5) is 0 Å². The smallest absolute Gasteiger partial charge is 0.0223 e. The minimum Gasteiger partial charge on any atom is -0.318 e. The second-order valence-electron chi connectivity index (χ2n) is 4.88. The van der Waals surface area contributed by atoms with Gasteiger partial charge in [-0.25, -0.2) is 0 Å². The summed E-state index contributed by atoms with van der Waals surface area (Å²) in [5.41, 5.74) is 0. The first-order chi connectivity index (χ1) is 6.92. The van der Waals surface area contributed by atoms with Crippen molar-refractivity contribution in [1.82, 2.24) is 10.2 Å². The molecule has 1 saturated carbocycles. The molecule has 1 atom stereocenters. The summed E-state index contributed by atoms with van der Waals surface area (Å²) in [6.45, 7) is 2.55. The van der Waals surface area contributed by atoms with Crippen LogP contribution in [0.15, 0.2) is 0 Å². The van der Waals surface area contributed by atoms with Crippen molar-refractivity contribution in [1.29, 1.82) is 0 Å². The lowest BCUT2D eigenvalue weighted by Crippen LogP contribution is -2.44. The van der Waals surface area contributed by atoms with Crippen LogP contribution in [0.3, 0.4) is 0 Å². The SMILES string of the molecule is CNCC1CCCN1C1CCCCC1. The monoisotopic (exact) mass is 196 g/mol. The maximum atomic E-state index is 3.34. The minimum atomic E-state index is 0.836. The summed E-state index contributed by atoms with van der Waals surface area (Å²) in [7, 11) is 2.08. The van der Waals surface area contributed by atoms with Gasteiger partial charge in [0.2, 0.25) is 0 Å². The van der Waals surface area contributed by atoms with Gasteiger partial charge in [0.05, 0.1) is 0 Å². The van der Waals surface area contributed by atoms with E-state index in [1.54, 1.807) is 0 Å². The van der Waals surface area contributed by atoms with Crippen LogP contribution in [-0.2, 0) is 0 Å². The number of hydrogen-bond donors (Lipinski definition) is 1. The molecule has 0 amide bonds. The summed E-state index contributed by atoms with van der Waals surface area (Å²) in [5, 5.41) is 3.34. The van der Waals surface area contributed by atoms with E-state index in [-0.39, 0.29) is 0 Å². The lowest BCUT2D eigenvalue weighted by Gasteiger charge is -2.35. The predicted molar refractivity (Wildman–Crippen MR) is 60.5 cm³/mol. The van der Waals surface area contributed by atoms with Crippen molar-refractivity contribution in [3.8, 4) is 0 Å². The zero-order valence-electron chi connectivity index (χ0n) is 9.47. The Kier molecular flexibility index (Phi) is 3.82. The molecule has 0 radical (unpaired) electrons. The summed E-state index contributed by atoms with van der Waals surface area (Å²) in [6.07, 6.45) is 10.2. The van der Waals surface area contributed by atoms with Crippen molar-refractivity contribution in [3.63, 3.8) is 0 Å². The number of hydrogen-bond acceptors (Lipinski definition) is 2. The summed E-state index contributed by atoms with van der Waals surface area (Å²) in [5.74, 6) is 0. The molecule has 2 aliphatic rings. The Labute approximate surface area is 88.1 Å². The van der Waals surface area contributed by atoms with Crippen molar-refractivity contribution in [2.45, 2.75) is 57.0 Å². The molecular formula is C12H24N2. The normalized spacial score (nSPS) is 31.1. The molecule has 1 heterocycles.